The van der Waals surface area contributed by atoms with Crippen LogP contribution in [0, 0.1) is 10.1 Å². The Morgan fingerprint density at radius 2 is 1.81 bits per heavy atom. The number of hydrazone groups is 1. The molecule has 0 unspecified atom stereocenters. The van der Waals surface area contributed by atoms with Crippen molar-refractivity contribution in [3.8, 4) is 11.3 Å². The molecule has 9 heteroatoms. The SMILES string of the molecule is CC(=O)C1=NN(c2ccc([N+](=O)[O-])cc2)c2nc(-c3ccccc3)cn2N1. The number of benzene rings is 2. The first-order valence-corrected chi connectivity index (χ1v) is 8.09. The highest BCUT2D eigenvalue weighted by atomic mass is 16.6. The molecular formula is C18H14N6O3. The van der Waals surface area contributed by atoms with Crippen molar-refractivity contribution in [3.63, 3.8) is 0 Å². The maximum Gasteiger partial charge on any atom is 0.269 e. The number of hydrogen-bond donors (Lipinski definition) is 1. The van der Waals surface area contributed by atoms with Crippen molar-refractivity contribution >= 4 is 28.9 Å². The molecule has 0 spiro atoms. The minimum atomic E-state index is -0.472. The van der Waals surface area contributed by atoms with Crippen LogP contribution in [0.5, 0.6) is 0 Å². The number of nitrogens with zero attached hydrogens (tertiary/aromatic N) is 5. The van der Waals surface area contributed by atoms with Crippen LogP contribution in [0.2, 0.25) is 0 Å². The lowest BCUT2D eigenvalue weighted by Crippen LogP contribution is -2.37. The molecule has 1 aliphatic heterocycles. The summed E-state index contributed by atoms with van der Waals surface area (Å²) in [7, 11) is 0. The average Bonchev–Trinajstić information content (AvgIpc) is 3.12. The smallest absolute Gasteiger partial charge is 0.269 e. The molecule has 0 aliphatic carbocycles. The highest BCUT2D eigenvalue weighted by Gasteiger charge is 2.25. The molecule has 0 amide bonds. The van der Waals surface area contributed by atoms with Crippen LogP contribution >= 0.6 is 0 Å². The number of hydrogen-bond acceptors (Lipinski definition) is 7. The number of ketones is 1. The van der Waals surface area contributed by atoms with Gasteiger partial charge in [-0.3, -0.25) is 20.3 Å². The Labute approximate surface area is 153 Å². The number of fused-ring (bicyclic) bond motifs is 1. The molecule has 9 nitrogen and oxygen atoms in total. The van der Waals surface area contributed by atoms with Crippen molar-refractivity contribution in [2.45, 2.75) is 6.92 Å². The molecule has 0 saturated carbocycles. The van der Waals surface area contributed by atoms with E-state index in [4.69, 9.17) is 0 Å². The van der Waals surface area contributed by atoms with Crippen LogP contribution < -0.4 is 10.4 Å². The number of carbonyl (C=O) groups excluding carboxylic acids is 1. The summed E-state index contributed by atoms with van der Waals surface area (Å²) in [6, 6.07) is 15.5. The van der Waals surface area contributed by atoms with Gasteiger partial charge in [0.2, 0.25) is 5.84 Å². The normalized spacial score (nSPS) is 12.8. The Hall–Kier alpha value is -4.01. The predicted octanol–water partition coefficient (Wildman–Crippen LogP) is 3.06. The number of anilines is 2. The van der Waals surface area contributed by atoms with Gasteiger partial charge in [-0.1, -0.05) is 30.3 Å². The number of nitro groups is 1. The number of aromatic nitrogens is 2. The molecule has 1 N–H and O–H groups in total. The van der Waals surface area contributed by atoms with Crippen LogP contribution in [-0.2, 0) is 4.79 Å². The molecule has 134 valence electrons. The first-order valence-electron chi connectivity index (χ1n) is 8.09. The van der Waals surface area contributed by atoms with Crippen molar-refractivity contribution in [1.29, 1.82) is 0 Å². The second-order valence-electron chi connectivity index (χ2n) is 5.86. The number of Topliss-reactive ketones (excluding diaryl/α,β-unsaturated/α-hetero) is 1. The van der Waals surface area contributed by atoms with Crippen molar-refractivity contribution in [2.24, 2.45) is 5.10 Å². The molecule has 1 aliphatic rings. The van der Waals surface area contributed by atoms with Crippen LogP contribution in [0.4, 0.5) is 17.3 Å². The fraction of sp³-hybridized carbons (Fsp3) is 0.0556. The van der Waals surface area contributed by atoms with Crippen LogP contribution in [-0.4, -0.2) is 26.2 Å². The largest absolute Gasteiger partial charge is 0.291 e. The van der Waals surface area contributed by atoms with E-state index in [9.17, 15) is 14.9 Å². The summed E-state index contributed by atoms with van der Waals surface area (Å²) in [4.78, 5) is 26.9. The zero-order chi connectivity index (χ0) is 19.0. The molecule has 2 heterocycles. The zero-order valence-electron chi connectivity index (χ0n) is 14.2. The van der Waals surface area contributed by atoms with Gasteiger partial charge >= 0.3 is 0 Å². The fourth-order valence-corrected chi connectivity index (χ4v) is 2.67. The molecule has 27 heavy (non-hydrogen) atoms. The Bertz CT molecular complexity index is 1060. The molecular weight excluding hydrogens is 348 g/mol. The zero-order valence-corrected chi connectivity index (χ0v) is 14.2. The number of nitro benzene ring substituents is 1. The van der Waals surface area contributed by atoms with E-state index in [1.807, 2.05) is 30.3 Å². The maximum atomic E-state index is 11.9. The lowest BCUT2D eigenvalue weighted by atomic mass is 10.2. The van der Waals surface area contributed by atoms with Crippen LogP contribution in [0.3, 0.4) is 0 Å². The number of imidazole rings is 1. The molecule has 0 atom stereocenters. The van der Waals surface area contributed by atoms with Crippen LogP contribution in [0.25, 0.3) is 11.3 Å². The number of non-ortho nitro benzene ring substituents is 1. The first-order chi connectivity index (χ1) is 13.0. The Morgan fingerprint density at radius 3 is 2.44 bits per heavy atom. The second-order valence-corrected chi connectivity index (χ2v) is 5.86. The Balaban J connectivity index is 1.80. The van der Waals surface area contributed by atoms with Crippen molar-refractivity contribution in [3.05, 3.63) is 70.9 Å². The molecule has 0 radical (unpaired) electrons. The van der Waals surface area contributed by atoms with Gasteiger partial charge in [0, 0.05) is 24.6 Å². The minimum absolute atomic E-state index is 0.0297. The van der Waals surface area contributed by atoms with Crippen molar-refractivity contribution < 1.29 is 9.72 Å². The quantitative estimate of drug-likeness (QED) is 0.565. The van der Waals surface area contributed by atoms with E-state index in [0.717, 1.165) is 5.56 Å². The van der Waals surface area contributed by atoms with Gasteiger partial charge in [0.1, 0.15) is 0 Å². The number of carbonyl (C=O) groups is 1. The standard InChI is InChI=1S/C18H14N6O3/c1-12(25)17-20-22-11-16(13-5-3-2-4-6-13)19-18(22)23(21-17)14-7-9-15(10-8-14)24(26)27/h2-11H,1H3,(H,20,21). The third-order valence-corrected chi connectivity index (χ3v) is 4.01. The van der Waals surface area contributed by atoms with Gasteiger partial charge in [0.05, 0.1) is 22.5 Å². The monoisotopic (exact) mass is 362 g/mol. The lowest BCUT2D eigenvalue weighted by molar-refractivity contribution is -0.384. The lowest BCUT2D eigenvalue weighted by Gasteiger charge is -2.25. The fourth-order valence-electron chi connectivity index (χ4n) is 2.67. The van der Waals surface area contributed by atoms with E-state index in [-0.39, 0.29) is 17.3 Å². The van der Waals surface area contributed by atoms with E-state index in [1.165, 1.54) is 24.1 Å². The highest BCUT2D eigenvalue weighted by Crippen LogP contribution is 2.31. The van der Waals surface area contributed by atoms with E-state index < -0.39 is 4.92 Å². The molecule has 0 saturated heterocycles. The van der Waals surface area contributed by atoms with Gasteiger partial charge < -0.3 is 0 Å². The van der Waals surface area contributed by atoms with E-state index in [0.29, 0.717) is 17.3 Å². The minimum Gasteiger partial charge on any atom is -0.291 e. The number of nitrogens with one attached hydrogen (secondary N) is 1. The van der Waals surface area contributed by atoms with Crippen molar-refractivity contribution in [2.75, 3.05) is 10.4 Å². The summed E-state index contributed by atoms with van der Waals surface area (Å²) in [5, 5.41) is 16.7. The average molecular weight is 362 g/mol. The van der Waals surface area contributed by atoms with Gasteiger partial charge in [-0.2, -0.15) is 5.01 Å². The molecule has 0 bridgehead atoms. The summed E-state index contributed by atoms with van der Waals surface area (Å²) >= 11 is 0. The maximum absolute atomic E-state index is 11.9. The second kappa shape index (κ2) is 6.37. The number of rotatable bonds is 4. The molecule has 4 rings (SSSR count). The topological polar surface area (TPSA) is 106 Å². The van der Waals surface area contributed by atoms with E-state index >= 15 is 0 Å². The summed E-state index contributed by atoms with van der Waals surface area (Å²) in [5.74, 6) is 0.327. The molecule has 1 aromatic heterocycles. The van der Waals surface area contributed by atoms with E-state index in [1.54, 1.807) is 23.0 Å². The third-order valence-electron chi connectivity index (χ3n) is 4.01. The van der Waals surface area contributed by atoms with Gasteiger partial charge in [-0.15, -0.1) is 5.10 Å². The van der Waals surface area contributed by atoms with Crippen LogP contribution in [0.1, 0.15) is 6.92 Å². The summed E-state index contributed by atoms with van der Waals surface area (Å²) in [6.45, 7) is 1.40. The van der Waals surface area contributed by atoms with E-state index in [2.05, 4.69) is 15.5 Å². The van der Waals surface area contributed by atoms with Gasteiger partial charge in [0.15, 0.2) is 5.78 Å². The first kappa shape index (κ1) is 16.5. The van der Waals surface area contributed by atoms with Gasteiger partial charge in [0.25, 0.3) is 11.6 Å². The Kier molecular flexibility index (Phi) is 3.88. The van der Waals surface area contributed by atoms with Gasteiger partial charge in [-0.25, -0.2) is 9.66 Å². The third kappa shape index (κ3) is 3.01. The van der Waals surface area contributed by atoms with Crippen molar-refractivity contribution in [1.82, 2.24) is 9.66 Å². The molecule has 3 aromatic rings. The Morgan fingerprint density at radius 1 is 1.11 bits per heavy atom. The van der Waals surface area contributed by atoms with Gasteiger partial charge in [-0.05, 0) is 12.1 Å². The molecule has 0 fully saturated rings. The highest BCUT2D eigenvalue weighted by molar-refractivity contribution is 6.41. The molecule has 2 aromatic carbocycles. The summed E-state index contributed by atoms with van der Waals surface area (Å²) < 4.78 is 1.60. The number of amidine groups is 1. The summed E-state index contributed by atoms with van der Waals surface area (Å²) in [6.07, 6.45) is 1.76. The summed E-state index contributed by atoms with van der Waals surface area (Å²) in [5.41, 5.74) is 5.05. The predicted molar refractivity (Wildman–Crippen MR) is 100 cm³/mol. The van der Waals surface area contributed by atoms with Crippen LogP contribution in [0.15, 0.2) is 65.9 Å².